The van der Waals surface area contributed by atoms with E-state index in [1.165, 1.54) is 0 Å². The van der Waals surface area contributed by atoms with Gasteiger partial charge < -0.3 is 10.5 Å². The highest BCUT2D eigenvalue weighted by molar-refractivity contribution is 6.45. The van der Waals surface area contributed by atoms with Crippen molar-refractivity contribution in [3.8, 4) is 11.8 Å². The molecule has 1 aromatic heterocycles. The topological polar surface area (TPSA) is 120 Å². The second-order valence-electron chi connectivity index (χ2n) is 4.27. The molecule has 0 bridgehead atoms. The third kappa shape index (κ3) is 4.31. The van der Waals surface area contributed by atoms with Crippen LogP contribution in [0.15, 0.2) is 53.9 Å². The Hall–Kier alpha value is -3.40. The Morgan fingerprint density at radius 2 is 2.14 bits per heavy atom. The van der Waals surface area contributed by atoms with Crippen LogP contribution in [0.2, 0.25) is 0 Å². The first kappa shape index (κ1) is 15.0. The zero-order valence-electron chi connectivity index (χ0n) is 11.7. The van der Waals surface area contributed by atoms with Crippen molar-refractivity contribution in [2.45, 2.75) is 6.61 Å². The average Bonchev–Trinajstić information content (AvgIpc) is 2.55. The van der Waals surface area contributed by atoms with Gasteiger partial charge >= 0.3 is 0 Å². The van der Waals surface area contributed by atoms with Crippen LogP contribution >= 0.6 is 0 Å². The zero-order valence-corrected chi connectivity index (χ0v) is 11.7. The molecule has 0 radical (unpaired) electrons. The maximum atomic E-state index is 8.73. The first-order valence-electron chi connectivity index (χ1n) is 6.39. The average molecular weight is 294 g/mol. The largest absolute Gasteiger partial charge is 0.489 e. The van der Waals surface area contributed by atoms with E-state index in [2.05, 4.69) is 15.5 Å². The molecule has 0 saturated heterocycles. The molecular weight excluding hydrogens is 280 g/mol. The summed E-state index contributed by atoms with van der Waals surface area (Å²) in [6.07, 6.45) is 3.46. The highest BCUT2D eigenvalue weighted by Gasteiger charge is 2.01. The summed E-state index contributed by atoms with van der Waals surface area (Å²) >= 11 is 0. The molecular formula is C15H14N6O. The number of rotatable bonds is 6. The molecule has 0 saturated carbocycles. The molecule has 0 atom stereocenters. The highest BCUT2D eigenvalue weighted by Crippen LogP contribution is 2.16. The smallest absolute Gasteiger partial charge is 0.201 e. The lowest BCUT2D eigenvalue weighted by molar-refractivity contribution is 0.306. The van der Waals surface area contributed by atoms with Crippen LogP contribution in [0.4, 0.5) is 5.69 Å². The SMILES string of the molecule is N#C/C(=N\Nc1ccc(OCc2cccnc2)cc1)C(=N)N. The lowest BCUT2D eigenvalue weighted by Crippen LogP contribution is -2.21. The number of nitrogens with zero attached hydrogens (tertiary/aromatic N) is 3. The van der Waals surface area contributed by atoms with Gasteiger partial charge in [0.25, 0.3) is 0 Å². The minimum Gasteiger partial charge on any atom is -0.489 e. The molecule has 4 N–H and O–H groups in total. The van der Waals surface area contributed by atoms with Crippen LogP contribution in [0.3, 0.4) is 0 Å². The number of nitrogens with two attached hydrogens (primary N) is 1. The van der Waals surface area contributed by atoms with E-state index >= 15 is 0 Å². The number of benzene rings is 1. The number of hydrogen-bond acceptors (Lipinski definition) is 6. The number of pyridine rings is 1. The van der Waals surface area contributed by atoms with E-state index in [0.29, 0.717) is 18.0 Å². The molecule has 1 aromatic carbocycles. The van der Waals surface area contributed by atoms with Gasteiger partial charge in [-0.25, -0.2) is 0 Å². The lowest BCUT2D eigenvalue weighted by Gasteiger charge is -2.07. The van der Waals surface area contributed by atoms with E-state index in [4.69, 9.17) is 21.1 Å². The number of anilines is 1. The van der Waals surface area contributed by atoms with Crippen LogP contribution in [0, 0.1) is 16.7 Å². The lowest BCUT2D eigenvalue weighted by atomic mass is 10.3. The third-order valence-corrected chi connectivity index (χ3v) is 2.64. The van der Waals surface area contributed by atoms with Crippen molar-refractivity contribution < 1.29 is 4.74 Å². The van der Waals surface area contributed by atoms with Gasteiger partial charge in [-0.05, 0) is 30.3 Å². The molecule has 2 rings (SSSR count). The van der Waals surface area contributed by atoms with E-state index in [-0.39, 0.29) is 11.5 Å². The summed E-state index contributed by atoms with van der Waals surface area (Å²) in [7, 11) is 0. The van der Waals surface area contributed by atoms with Gasteiger partial charge in [-0.15, -0.1) is 0 Å². The number of amidine groups is 1. The molecule has 0 unspecified atom stereocenters. The molecule has 7 heteroatoms. The quantitative estimate of drug-likeness (QED) is 0.427. The van der Waals surface area contributed by atoms with Gasteiger partial charge in [-0.3, -0.25) is 15.8 Å². The number of aromatic nitrogens is 1. The maximum Gasteiger partial charge on any atom is 0.201 e. The summed E-state index contributed by atoms with van der Waals surface area (Å²) < 4.78 is 5.62. The Morgan fingerprint density at radius 1 is 1.36 bits per heavy atom. The fraction of sp³-hybridized carbons (Fsp3) is 0.0667. The van der Waals surface area contributed by atoms with E-state index in [9.17, 15) is 0 Å². The standard InChI is InChI=1S/C15H14N6O/c16-8-14(15(17)18)21-20-12-3-5-13(6-4-12)22-10-11-2-1-7-19-9-11/h1-7,9,20H,10H2,(H3,17,18)/b21-14+. The van der Waals surface area contributed by atoms with Crippen LogP contribution in [0.5, 0.6) is 5.75 Å². The van der Waals surface area contributed by atoms with E-state index < -0.39 is 0 Å². The Labute approximate surface area is 127 Å². The van der Waals surface area contributed by atoms with Crippen molar-refractivity contribution in [1.82, 2.24) is 4.98 Å². The van der Waals surface area contributed by atoms with Crippen molar-refractivity contribution in [2.75, 3.05) is 5.43 Å². The molecule has 0 amide bonds. The summed E-state index contributed by atoms with van der Waals surface area (Å²) in [6.45, 7) is 0.432. The van der Waals surface area contributed by atoms with Gasteiger partial charge in [-0.1, -0.05) is 6.07 Å². The first-order chi connectivity index (χ1) is 10.7. The summed E-state index contributed by atoms with van der Waals surface area (Å²) in [4.78, 5) is 4.02. The molecule has 110 valence electrons. The second-order valence-corrected chi connectivity index (χ2v) is 4.27. The van der Waals surface area contributed by atoms with Crippen molar-refractivity contribution in [1.29, 1.82) is 10.7 Å². The number of ether oxygens (including phenoxy) is 1. The normalized spacial score (nSPS) is 10.6. The van der Waals surface area contributed by atoms with Gasteiger partial charge in [0, 0.05) is 18.0 Å². The van der Waals surface area contributed by atoms with Crippen molar-refractivity contribution in [2.24, 2.45) is 10.8 Å². The van der Waals surface area contributed by atoms with Crippen LogP contribution in [-0.4, -0.2) is 16.5 Å². The summed E-state index contributed by atoms with van der Waals surface area (Å²) in [5, 5.41) is 19.6. The van der Waals surface area contributed by atoms with Crippen molar-refractivity contribution >= 4 is 17.2 Å². The van der Waals surface area contributed by atoms with Crippen LogP contribution in [0.25, 0.3) is 0 Å². The molecule has 22 heavy (non-hydrogen) atoms. The van der Waals surface area contributed by atoms with Crippen LogP contribution in [-0.2, 0) is 6.61 Å². The number of hydrazone groups is 1. The van der Waals surface area contributed by atoms with Crippen molar-refractivity contribution in [3.63, 3.8) is 0 Å². The third-order valence-electron chi connectivity index (χ3n) is 2.64. The predicted octanol–water partition coefficient (Wildman–Crippen LogP) is 1.89. The maximum absolute atomic E-state index is 8.73. The summed E-state index contributed by atoms with van der Waals surface area (Å²) in [5.41, 5.74) is 9.32. The van der Waals surface area contributed by atoms with E-state index in [0.717, 1.165) is 5.56 Å². The van der Waals surface area contributed by atoms with Gasteiger partial charge in [-0.2, -0.15) is 10.4 Å². The molecule has 7 nitrogen and oxygen atoms in total. The number of nitrogens with one attached hydrogen (secondary N) is 2. The van der Waals surface area contributed by atoms with E-state index in [1.807, 2.05) is 12.1 Å². The molecule has 0 aliphatic rings. The van der Waals surface area contributed by atoms with E-state index in [1.54, 1.807) is 42.7 Å². The highest BCUT2D eigenvalue weighted by atomic mass is 16.5. The Balaban J connectivity index is 1.93. The van der Waals surface area contributed by atoms with Gasteiger partial charge in [0.05, 0.1) is 5.69 Å². The van der Waals surface area contributed by atoms with Gasteiger partial charge in [0.1, 0.15) is 18.4 Å². The zero-order chi connectivity index (χ0) is 15.8. The Bertz CT molecular complexity index is 703. The molecule has 0 fully saturated rings. The van der Waals surface area contributed by atoms with Crippen LogP contribution in [0.1, 0.15) is 5.56 Å². The van der Waals surface area contributed by atoms with Gasteiger partial charge in [0.2, 0.25) is 5.71 Å². The molecule has 0 aliphatic heterocycles. The minimum absolute atomic E-state index is 0.170. The minimum atomic E-state index is -0.383. The monoisotopic (exact) mass is 294 g/mol. The molecule has 2 aromatic rings. The Morgan fingerprint density at radius 3 is 2.73 bits per heavy atom. The first-order valence-corrected chi connectivity index (χ1v) is 6.39. The number of nitriles is 1. The second kappa shape index (κ2) is 7.40. The summed E-state index contributed by atoms with van der Waals surface area (Å²) in [6, 6.07) is 12.6. The van der Waals surface area contributed by atoms with Gasteiger partial charge in [0.15, 0.2) is 5.84 Å². The predicted molar refractivity (Wildman–Crippen MR) is 83.6 cm³/mol. The fourth-order valence-corrected chi connectivity index (χ4v) is 1.54. The Kier molecular flexibility index (Phi) is 5.04. The van der Waals surface area contributed by atoms with Crippen LogP contribution < -0.4 is 15.9 Å². The number of hydrogen-bond donors (Lipinski definition) is 3. The molecule has 0 spiro atoms. The van der Waals surface area contributed by atoms with Crippen molar-refractivity contribution in [3.05, 3.63) is 54.4 Å². The molecule has 1 heterocycles. The fourth-order valence-electron chi connectivity index (χ4n) is 1.54. The molecule has 0 aliphatic carbocycles. The summed E-state index contributed by atoms with van der Waals surface area (Å²) in [5.74, 6) is 0.317.